The zero-order valence-electron chi connectivity index (χ0n) is 12.0. The lowest BCUT2D eigenvalue weighted by Gasteiger charge is -2.30. The van der Waals surface area contributed by atoms with E-state index in [1.54, 1.807) is 13.0 Å². The maximum atomic E-state index is 11.9. The van der Waals surface area contributed by atoms with Crippen LogP contribution < -0.4 is 0 Å². The summed E-state index contributed by atoms with van der Waals surface area (Å²) < 4.78 is 5.18. The van der Waals surface area contributed by atoms with Gasteiger partial charge in [0.15, 0.2) is 5.78 Å². The van der Waals surface area contributed by atoms with Gasteiger partial charge in [0.05, 0.1) is 11.0 Å². The van der Waals surface area contributed by atoms with E-state index in [1.165, 1.54) is 25.1 Å². The third kappa shape index (κ3) is 2.59. The second-order valence-electron chi connectivity index (χ2n) is 4.93. The number of nitro benzene ring substituents is 1. The summed E-state index contributed by atoms with van der Waals surface area (Å²) in [6.45, 7) is 2.89. The fourth-order valence-corrected chi connectivity index (χ4v) is 2.61. The molecule has 1 aliphatic heterocycles. The van der Waals surface area contributed by atoms with Gasteiger partial charge >= 0.3 is 0 Å². The van der Waals surface area contributed by atoms with Gasteiger partial charge in [-0.1, -0.05) is 12.1 Å². The fraction of sp³-hybridized carbons (Fsp3) is 0.267. The number of nitro groups is 1. The molecule has 1 aliphatic rings. The average Bonchev–Trinajstić information content (AvgIpc) is 2.46. The molecule has 1 heterocycles. The Morgan fingerprint density at radius 2 is 2.18 bits per heavy atom. The molecule has 0 aliphatic carbocycles. The Balaban J connectivity index is 2.66. The average molecular weight is 299 g/mol. The number of Topliss-reactive ketones (excluding diaryl/α,β-unsaturated/α-hetero) is 1. The number of ether oxygens (including phenoxy) is 1. The van der Waals surface area contributed by atoms with Crippen LogP contribution in [0.3, 0.4) is 0 Å². The van der Waals surface area contributed by atoms with E-state index >= 15 is 0 Å². The van der Waals surface area contributed by atoms with Crippen LogP contribution in [0.1, 0.15) is 25.3 Å². The van der Waals surface area contributed by atoms with Crippen molar-refractivity contribution in [3.63, 3.8) is 0 Å². The molecule has 112 valence electrons. The topological polar surface area (TPSA) is 117 Å². The number of hydrogen-bond donors (Lipinski definition) is 1. The van der Waals surface area contributed by atoms with Crippen LogP contribution in [-0.2, 0) is 9.53 Å². The Kier molecular flexibility index (Phi) is 4.04. The number of non-ortho nitro benzene ring substituents is 1. The molecule has 7 nitrogen and oxygen atoms in total. The number of benzene rings is 1. The van der Waals surface area contributed by atoms with Crippen LogP contribution in [0.2, 0.25) is 0 Å². The number of ketones is 1. The first-order valence-electron chi connectivity index (χ1n) is 6.48. The van der Waals surface area contributed by atoms with E-state index in [4.69, 9.17) is 10.1 Å². The minimum absolute atomic E-state index is 0.132. The minimum atomic E-state index is -0.996. The molecular weight excluding hydrogens is 286 g/mol. The number of allylic oxidation sites excluding steroid dienone is 2. The summed E-state index contributed by atoms with van der Waals surface area (Å²) in [7, 11) is 0. The summed E-state index contributed by atoms with van der Waals surface area (Å²) in [5.74, 6) is -2.04. The number of carbonyl (C=O) groups is 1. The summed E-state index contributed by atoms with van der Waals surface area (Å²) in [4.78, 5) is 22.3. The Labute approximate surface area is 126 Å². The summed E-state index contributed by atoms with van der Waals surface area (Å²) in [5, 5.41) is 28.0. The number of carbonyl (C=O) groups excluding carboxylic acids is 1. The van der Waals surface area contributed by atoms with Crippen molar-refractivity contribution in [3.05, 3.63) is 51.3 Å². The van der Waals surface area contributed by atoms with Crippen molar-refractivity contribution in [2.75, 3.05) is 0 Å². The number of hydrogen-bond acceptors (Lipinski definition) is 6. The van der Waals surface area contributed by atoms with E-state index in [0.29, 0.717) is 5.56 Å². The van der Waals surface area contributed by atoms with Gasteiger partial charge in [-0.05, 0) is 19.4 Å². The van der Waals surface area contributed by atoms with Crippen LogP contribution in [0.25, 0.3) is 0 Å². The van der Waals surface area contributed by atoms with Crippen molar-refractivity contribution in [2.45, 2.75) is 19.8 Å². The molecule has 0 radical (unpaired) electrons. The molecule has 7 heteroatoms. The predicted molar refractivity (Wildman–Crippen MR) is 77.1 cm³/mol. The van der Waals surface area contributed by atoms with Gasteiger partial charge in [0, 0.05) is 23.6 Å². The number of nitrogens with one attached hydrogen (secondary N) is 1. The third-order valence-electron chi connectivity index (χ3n) is 3.53. The van der Waals surface area contributed by atoms with Gasteiger partial charge in [-0.25, -0.2) is 0 Å². The van der Waals surface area contributed by atoms with Crippen molar-refractivity contribution in [2.24, 2.45) is 5.92 Å². The van der Waals surface area contributed by atoms with Crippen LogP contribution in [0.5, 0.6) is 0 Å². The number of nitriles is 1. The third-order valence-corrected chi connectivity index (χ3v) is 3.53. The first-order valence-corrected chi connectivity index (χ1v) is 6.48. The molecule has 0 saturated carbocycles. The first kappa shape index (κ1) is 15.4. The van der Waals surface area contributed by atoms with Crippen molar-refractivity contribution in [3.8, 4) is 6.07 Å². The van der Waals surface area contributed by atoms with E-state index in [-0.39, 0.29) is 28.7 Å². The molecule has 0 spiro atoms. The Morgan fingerprint density at radius 1 is 1.50 bits per heavy atom. The molecule has 0 amide bonds. The highest BCUT2D eigenvalue weighted by Gasteiger charge is 2.39. The zero-order chi connectivity index (χ0) is 16.4. The van der Waals surface area contributed by atoms with Gasteiger partial charge in [-0.3, -0.25) is 20.3 Å². The summed E-state index contributed by atoms with van der Waals surface area (Å²) in [5.41, 5.74) is 0.578. The van der Waals surface area contributed by atoms with E-state index in [2.05, 4.69) is 0 Å². The van der Waals surface area contributed by atoms with Crippen LogP contribution in [0, 0.1) is 32.8 Å². The SMILES string of the molecule is CC(=O)C1=C(C)OC(=N)C(C#N)C1c1cccc([N+](=O)[O-])c1. The Hall–Kier alpha value is -3.01. The number of rotatable bonds is 3. The van der Waals surface area contributed by atoms with E-state index in [9.17, 15) is 20.2 Å². The highest BCUT2D eigenvalue weighted by molar-refractivity contribution is 5.99. The summed E-state index contributed by atoms with van der Waals surface area (Å²) in [6, 6.07) is 7.71. The summed E-state index contributed by atoms with van der Waals surface area (Å²) in [6.07, 6.45) is 0. The first-order chi connectivity index (χ1) is 10.4. The highest BCUT2D eigenvalue weighted by Crippen LogP contribution is 2.40. The maximum absolute atomic E-state index is 11.9. The van der Waals surface area contributed by atoms with Crippen LogP contribution in [-0.4, -0.2) is 16.6 Å². The van der Waals surface area contributed by atoms with E-state index in [1.807, 2.05) is 6.07 Å². The van der Waals surface area contributed by atoms with Crippen LogP contribution in [0.15, 0.2) is 35.6 Å². The minimum Gasteiger partial charge on any atom is -0.446 e. The second kappa shape index (κ2) is 5.77. The lowest BCUT2D eigenvalue weighted by molar-refractivity contribution is -0.384. The molecule has 1 N–H and O–H groups in total. The second-order valence-corrected chi connectivity index (χ2v) is 4.93. The van der Waals surface area contributed by atoms with E-state index in [0.717, 1.165) is 0 Å². The molecule has 1 aromatic rings. The maximum Gasteiger partial charge on any atom is 0.269 e. The molecular formula is C15H13N3O4. The molecule has 2 rings (SSSR count). The van der Waals surface area contributed by atoms with Gasteiger partial charge in [0.25, 0.3) is 5.69 Å². The molecule has 0 saturated heterocycles. The van der Waals surface area contributed by atoms with Crippen molar-refractivity contribution >= 4 is 17.4 Å². The van der Waals surface area contributed by atoms with Gasteiger partial charge in [0.2, 0.25) is 5.90 Å². The smallest absolute Gasteiger partial charge is 0.269 e. The van der Waals surface area contributed by atoms with Crippen LogP contribution >= 0.6 is 0 Å². The van der Waals surface area contributed by atoms with Crippen molar-refractivity contribution in [1.82, 2.24) is 0 Å². The quantitative estimate of drug-likeness (QED) is 0.680. The number of nitrogens with zero attached hydrogens (tertiary/aromatic N) is 2. The zero-order valence-corrected chi connectivity index (χ0v) is 12.0. The van der Waals surface area contributed by atoms with Crippen molar-refractivity contribution in [1.29, 1.82) is 10.7 Å². The van der Waals surface area contributed by atoms with Crippen LogP contribution in [0.4, 0.5) is 5.69 Å². The highest BCUT2D eigenvalue weighted by atomic mass is 16.6. The largest absolute Gasteiger partial charge is 0.446 e. The lowest BCUT2D eigenvalue weighted by atomic mass is 9.77. The van der Waals surface area contributed by atoms with Crippen molar-refractivity contribution < 1.29 is 14.5 Å². The molecule has 22 heavy (non-hydrogen) atoms. The van der Waals surface area contributed by atoms with Gasteiger partial charge < -0.3 is 4.74 Å². The standard InChI is InChI=1S/C15H13N3O4/c1-8(19)13-9(2)22-15(17)12(7-16)14(13)10-4-3-5-11(6-10)18(20)21/h3-6,12,14,17H,1-2H3. The van der Waals surface area contributed by atoms with E-state index < -0.39 is 16.8 Å². The molecule has 0 bridgehead atoms. The Morgan fingerprint density at radius 3 is 2.73 bits per heavy atom. The fourth-order valence-electron chi connectivity index (χ4n) is 2.61. The van der Waals surface area contributed by atoms with Gasteiger partial charge in [-0.15, -0.1) is 0 Å². The van der Waals surface area contributed by atoms with Gasteiger partial charge in [-0.2, -0.15) is 5.26 Å². The molecule has 1 aromatic carbocycles. The monoisotopic (exact) mass is 299 g/mol. The molecule has 2 unspecified atom stereocenters. The lowest BCUT2D eigenvalue weighted by Crippen LogP contribution is -2.31. The predicted octanol–water partition coefficient (Wildman–Crippen LogP) is 2.69. The summed E-state index contributed by atoms with van der Waals surface area (Å²) >= 11 is 0. The molecule has 0 aromatic heterocycles. The molecule has 0 fully saturated rings. The molecule has 2 atom stereocenters. The van der Waals surface area contributed by atoms with Gasteiger partial charge in [0.1, 0.15) is 11.7 Å². The Bertz CT molecular complexity index is 745. The normalized spacial score (nSPS) is 21.0.